The van der Waals surface area contributed by atoms with Gasteiger partial charge in [0.15, 0.2) is 0 Å². The molecular formula is C23H41N. The van der Waals surface area contributed by atoms with Crippen molar-refractivity contribution in [3.05, 3.63) is 0 Å². The van der Waals surface area contributed by atoms with E-state index in [2.05, 4.69) is 19.9 Å². The fourth-order valence-corrected chi connectivity index (χ4v) is 5.54. The number of rotatable bonds is 9. The van der Waals surface area contributed by atoms with Crippen LogP contribution in [0.5, 0.6) is 0 Å². The van der Waals surface area contributed by atoms with Crippen molar-refractivity contribution in [1.82, 2.24) is 0 Å². The third-order valence-corrected chi connectivity index (χ3v) is 7.26. The molecule has 138 valence electrons. The summed E-state index contributed by atoms with van der Waals surface area (Å²) in [7, 11) is 0. The van der Waals surface area contributed by atoms with Crippen LogP contribution in [0.2, 0.25) is 0 Å². The maximum atomic E-state index is 9.95. The van der Waals surface area contributed by atoms with E-state index in [4.69, 9.17) is 0 Å². The summed E-state index contributed by atoms with van der Waals surface area (Å²) in [6, 6.07) is 2.83. The molecule has 2 fully saturated rings. The third-order valence-electron chi connectivity index (χ3n) is 7.26. The molecule has 0 spiro atoms. The highest BCUT2D eigenvalue weighted by atomic mass is 14.5. The number of nitrogens with zero attached hydrogens (tertiary/aromatic N) is 1. The molecule has 0 aromatic rings. The lowest BCUT2D eigenvalue weighted by Gasteiger charge is -2.43. The monoisotopic (exact) mass is 331 g/mol. The maximum Gasteiger partial charge on any atom is 0.0692 e. The van der Waals surface area contributed by atoms with E-state index in [0.717, 1.165) is 11.8 Å². The van der Waals surface area contributed by atoms with Gasteiger partial charge in [0.05, 0.1) is 11.5 Å². The van der Waals surface area contributed by atoms with Gasteiger partial charge in [-0.05, 0) is 56.3 Å². The zero-order valence-corrected chi connectivity index (χ0v) is 16.5. The van der Waals surface area contributed by atoms with Crippen molar-refractivity contribution in [3.8, 4) is 6.07 Å². The Morgan fingerprint density at radius 3 is 1.96 bits per heavy atom. The first-order valence-corrected chi connectivity index (χ1v) is 11.1. The van der Waals surface area contributed by atoms with Crippen LogP contribution in [-0.4, -0.2) is 0 Å². The van der Waals surface area contributed by atoms with Gasteiger partial charge in [-0.3, -0.25) is 0 Å². The van der Waals surface area contributed by atoms with Crippen LogP contribution in [0.25, 0.3) is 0 Å². The predicted octanol–water partition coefficient (Wildman–Crippen LogP) is 7.65. The summed E-state index contributed by atoms with van der Waals surface area (Å²) in [5, 5.41) is 9.95. The van der Waals surface area contributed by atoms with E-state index in [1.165, 1.54) is 103 Å². The molecule has 1 heteroatoms. The molecule has 0 aromatic carbocycles. The topological polar surface area (TPSA) is 23.8 Å². The Morgan fingerprint density at radius 1 is 0.750 bits per heavy atom. The van der Waals surface area contributed by atoms with Crippen LogP contribution in [0, 0.1) is 34.5 Å². The van der Waals surface area contributed by atoms with Crippen LogP contribution in [-0.2, 0) is 0 Å². The van der Waals surface area contributed by atoms with Crippen LogP contribution in [0.15, 0.2) is 0 Å². The number of hydrogen-bond acceptors (Lipinski definition) is 1. The highest BCUT2D eigenvalue weighted by Crippen LogP contribution is 2.50. The molecule has 0 radical (unpaired) electrons. The second kappa shape index (κ2) is 10.5. The van der Waals surface area contributed by atoms with Gasteiger partial charge in [-0.15, -0.1) is 0 Å². The lowest BCUT2D eigenvalue weighted by Crippen LogP contribution is -2.36. The second-order valence-corrected chi connectivity index (χ2v) is 8.92. The summed E-state index contributed by atoms with van der Waals surface area (Å²) in [6.45, 7) is 4.59. The van der Waals surface area contributed by atoms with Gasteiger partial charge in [-0.1, -0.05) is 78.1 Å². The smallest absolute Gasteiger partial charge is 0.0692 e. The van der Waals surface area contributed by atoms with Gasteiger partial charge in [0.2, 0.25) is 0 Å². The lowest BCUT2D eigenvalue weighted by atomic mass is 9.59. The van der Waals surface area contributed by atoms with E-state index in [9.17, 15) is 5.26 Å². The van der Waals surface area contributed by atoms with Crippen LogP contribution in [0.1, 0.15) is 117 Å². The fraction of sp³-hybridized carbons (Fsp3) is 0.957. The van der Waals surface area contributed by atoms with Crippen LogP contribution < -0.4 is 0 Å². The molecule has 0 saturated heterocycles. The Bertz CT molecular complexity index is 364. The summed E-state index contributed by atoms with van der Waals surface area (Å²) in [6.07, 6.45) is 21.7. The lowest BCUT2D eigenvalue weighted by molar-refractivity contribution is 0.0846. The van der Waals surface area contributed by atoms with Gasteiger partial charge in [0.25, 0.3) is 0 Å². The van der Waals surface area contributed by atoms with Crippen molar-refractivity contribution >= 4 is 0 Å². The average Bonchev–Trinajstić information content (AvgIpc) is 2.63. The van der Waals surface area contributed by atoms with Gasteiger partial charge >= 0.3 is 0 Å². The van der Waals surface area contributed by atoms with Crippen molar-refractivity contribution in [2.75, 3.05) is 0 Å². The van der Waals surface area contributed by atoms with Gasteiger partial charge in [-0.2, -0.15) is 5.26 Å². The molecule has 0 amide bonds. The van der Waals surface area contributed by atoms with E-state index in [-0.39, 0.29) is 5.41 Å². The minimum Gasteiger partial charge on any atom is -0.198 e. The minimum atomic E-state index is 0.0519. The van der Waals surface area contributed by atoms with Crippen molar-refractivity contribution in [3.63, 3.8) is 0 Å². The Kier molecular flexibility index (Phi) is 8.65. The minimum absolute atomic E-state index is 0.0519. The Hall–Kier alpha value is -0.510. The van der Waals surface area contributed by atoms with Crippen molar-refractivity contribution in [2.24, 2.45) is 23.2 Å². The molecule has 0 N–H and O–H groups in total. The highest BCUT2D eigenvalue weighted by Gasteiger charge is 2.43. The zero-order chi connectivity index (χ0) is 17.3. The van der Waals surface area contributed by atoms with Gasteiger partial charge < -0.3 is 0 Å². The van der Waals surface area contributed by atoms with Crippen molar-refractivity contribution < 1.29 is 0 Å². The average molecular weight is 332 g/mol. The molecule has 0 unspecified atom stereocenters. The van der Waals surface area contributed by atoms with Gasteiger partial charge in [-0.25, -0.2) is 0 Å². The van der Waals surface area contributed by atoms with Gasteiger partial charge in [0.1, 0.15) is 0 Å². The van der Waals surface area contributed by atoms with Crippen LogP contribution >= 0.6 is 0 Å². The number of hydrogen-bond donors (Lipinski definition) is 0. The molecule has 2 aliphatic carbocycles. The Labute approximate surface area is 151 Å². The molecule has 2 rings (SSSR count). The largest absolute Gasteiger partial charge is 0.198 e. The summed E-state index contributed by atoms with van der Waals surface area (Å²) >= 11 is 0. The third kappa shape index (κ3) is 5.50. The SMILES string of the molecule is CCCCCCCC1CCC(C2(C#N)CCC(CCC)CC2)CC1. The van der Waals surface area contributed by atoms with Crippen molar-refractivity contribution in [2.45, 2.75) is 117 Å². The molecule has 24 heavy (non-hydrogen) atoms. The quantitative estimate of drug-likeness (QED) is 0.398. The second-order valence-electron chi connectivity index (χ2n) is 8.92. The van der Waals surface area contributed by atoms with E-state index in [1.54, 1.807) is 0 Å². The molecule has 0 aliphatic heterocycles. The molecule has 2 aliphatic rings. The van der Waals surface area contributed by atoms with E-state index < -0.39 is 0 Å². The molecule has 0 bridgehead atoms. The first-order chi connectivity index (χ1) is 11.7. The maximum absolute atomic E-state index is 9.95. The summed E-state index contributed by atoms with van der Waals surface area (Å²) in [5.41, 5.74) is 0.0519. The van der Waals surface area contributed by atoms with E-state index >= 15 is 0 Å². The molecule has 2 saturated carbocycles. The summed E-state index contributed by atoms with van der Waals surface area (Å²) < 4.78 is 0. The molecular weight excluding hydrogens is 290 g/mol. The van der Waals surface area contributed by atoms with Crippen molar-refractivity contribution in [1.29, 1.82) is 5.26 Å². The highest BCUT2D eigenvalue weighted by molar-refractivity contribution is 5.06. The molecule has 0 atom stereocenters. The summed E-state index contributed by atoms with van der Waals surface area (Å²) in [4.78, 5) is 0. The van der Waals surface area contributed by atoms with Crippen LogP contribution in [0.4, 0.5) is 0 Å². The molecule has 0 heterocycles. The summed E-state index contributed by atoms with van der Waals surface area (Å²) in [5.74, 6) is 2.59. The van der Waals surface area contributed by atoms with E-state index in [0.29, 0.717) is 5.92 Å². The van der Waals surface area contributed by atoms with Crippen LogP contribution in [0.3, 0.4) is 0 Å². The zero-order valence-electron chi connectivity index (χ0n) is 16.5. The predicted molar refractivity (Wildman–Crippen MR) is 104 cm³/mol. The first-order valence-electron chi connectivity index (χ1n) is 11.1. The normalized spacial score (nSPS) is 34.0. The number of unbranched alkanes of at least 4 members (excludes halogenated alkanes) is 4. The standard InChI is InChI=1S/C23H41N/c1-3-5-6-7-8-10-21-11-13-22(14-12-21)23(19-24)17-15-20(9-4-2)16-18-23/h20-22H,3-18H2,1-2H3. The number of nitriles is 1. The van der Waals surface area contributed by atoms with Gasteiger partial charge in [0, 0.05) is 0 Å². The fourth-order valence-electron chi connectivity index (χ4n) is 5.54. The van der Waals surface area contributed by atoms with E-state index in [1.807, 2.05) is 0 Å². The Balaban J connectivity index is 1.71. The Morgan fingerprint density at radius 2 is 1.38 bits per heavy atom. The molecule has 1 nitrogen and oxygen atoms in total. The molecule has 0 aromatic heterocycles. The first kappa shape index (κ1) is 19.8.